The molecule has 0 aliphatic carbocycles. The zero-order valence-corrected chi connectivity index (χ0v) is 15.1. The van der Waals surface area contributed by atoms with E-state index in [9.17, 15) is 8.42 Å². The molecule has 0 saturated heterocycles. The minimum absolute atomic E-state index is 0.293. The highest BCUT2D eigenvalue weighted by atomic mass is 32.2. The van der Waals surface area contributed by atoms with Gasteiger partial charge < -0.3 is 4.98 Å². The topological polar surface area (TPSA) is 74.3 Å². The van der Waals surface area contributed by atoms with E-state index >= 15 is 0 Å². The zero-order valence-electron chi connectivity index (χ0n) is 14.3. The minimum atomic E-state index is -3.58. The van der Waals surface area contributed by atoms with Gasteiger partial charge in [-0.2, -0.15) is 5.10 Å². The second-order valence-electron chi connectivity index (χ2n) is 6.39. The number of rotatable bonds is 4. The van der Waals surface area contributed by atoms with Gasteiger partial charge in [-0.1, -0.05) is 60.2 Å². The highest BCUT2D eigenvalue weighted by Gasteiger charge is 2.34. The Kier molecular flexibility index (Phi) is 4.12. The molecule has 1 aromatic heterocycles. The molecule has 2 heterocycles. The van der Waals surface area contributed by atoms with Gasteiger partial charge in [0.1, 0.15) is 0 Å². The molecule has 1 aliphatic rings. The first kappa shape index (κ1) is 16.6. The molecule has 0 spiro atoms. The zero-order chi connectivity index (χ0) is 18.1. The van der Waals surface area contributed by atoms with Gasteiger partial charge in [0.15, 0.2) is 5.37 Å². The minimum Gasteiger partial charge on any atom is -0.366 e. The van der Waals surface area contributed by atoms with E-state index in [4.69, 9.17) is 0 Å². The molecule has 2 aromatic carbocycles. The number of hydrogen-bond donors (Lipinski definition) is 2. The van der Waals surface area contributed by atoms with Gasteiger partial charge in [0, 0.05) is 24.4 Å². The SMILES string of the molecule is Cc1ccc(C2=NN[C@@H](S(=O)(=O)c3c[nH]cc3-c3ccccc3)C2)cc1. The first-order valence-electron chi connectivity index (χ1n) is 8.41. The fourth-order valence-electron chi connectivity index (χ4n) is 3.11. The van der Waals surface area contributed by atoms with Crippen molar-refractivity contribution in [1.29, 1.82) is 0 Å². The number of aromatic nitrogens is 1. The van der Waals surface area contributed by atoms with Crippen LogP contribution in [0.5, 0.6) is 0 Å². The standard InChI is InChI=1S/C20H19N3O2S/c1-14-7-9-16(10-8-14)18-11-20(23-22-18)26(24,25)19-13-21-12-17(19)15-5-3-2-4-6-15/h2-10,12-13,20-21,23H,11H2,1H3/t20-/m0/s1. The van der Waals surface area contributed by atoms with Crippen LogP contribution >= 0.6 is 0 Å². The predicted octanol–water partition coefficient (Wildman–Crippen LogP) is 3.49. The van der Waals surface area contributed by atoms with Crippen LogP contribution in [0.2, 0.25) is 0 Å². The highest BCUT2D eigenvalue weighted by molar-refractivity contribution is 7.92. The highest BCUT2D eigenvalue weighted by Crippen LogP contribution is 2.31. The van der Waals surface area contributed by atoms with E-state index in [0.29, 0.717) is 16.9 Å². The summed E-state index contributed by atoms with van der Waals surface area (Å²) in [5.41, 5.74) is 7.21. The Morgan fingerprint density at radius 3 is 2.42 bits per heavy atom. The van der Waals surface area contributed by atoms with E-state index in [1.165, 1.54) is 0 Å². The van der Waals surface area contributed by atoms with Crippen molar-refractivity contribution in [2.24, 2.45) is 5.10 Å². The van der Waals surface area contributed by atoms with Crippen LogP contribution in [0.1, 0.15) is 17.5 Å². The Morgan fingerprint density at radius 1 is 0.962 bits per heavy atom. The van der Waals surface area contributed by atoms with Crippen molar-refractivity contribution in [1.82, 2.24) is 10.4 Å². The van der Waals surface area contributed by atoms with E-state index < -0.39 is 15.2 Å². The van der Waals surface area contributed by atoms with E-state index in [-0.39, 0.29) is 0 Å². The molecule has 5 nitrogen and oxygen atoms in total. The summed E-state index contributed by atoms with van der Waals surface area (Å²) in [7, 11) is -3.58. The van der Waals surface area contributed by atoms with Crippen molar-refractivity contribution in [3.05, 3.63) is 78.1 Å². The molecule has 0 fully saturated rings. The lowest BCUT2D eigenvalue weighted by Crippen LogP contribution is -2.30. The largest absolute Gasteiger partial charge is 0.366 e. The normalized spacial score (nSPS) is 17.0. The summed E-state index contributed by atoms with van der Waals surface area (Å²) < 4.78 is 26.3. The van der Waals surface area contributed by atoms with E-state index in [1.807, 2.05) is 61.5 Å². The van der Waals surface area contributed by atoms with E-state index in [1.54, 1.807) is 12.4 Å². The Labute approximate surface area is 152 Å². The van der Waals surface area contributed by atoms with Crippen LogP contribution in [0.15, 0.2) is 77.0 Å². The maximum Gasteiger partial charge on any atom is 0.203 e. The lowest BCUT2D eigenvalue weighted by atomic mass is 10.1. The molecule has 26 heavy (non-hydrogen) atoms. The molecule has 0 saturated carbocycles. The van der Waals surface area contributed by atoms with Crippen molar-refractivity contribution in [2.75, 3.05) is 0 Å². The van der Waals surface area contributed by atoms with Gasteiger partial charge in [0.2, 0.25) is 9.84 Å². The predicted molar refractivity (Wildman–Crippen MR) is 103 cm³/mol. The van der Waals surface area contributed by atoms with Gasteiger partial charge in [-0.05, 0) is 18.1 Å². The second kappa shape index (κ2) is 6.46. The summed E-state index contributed by atoms with van der Waals surface area (Å²) in [6.07, 6.45) is 3.60. The van der Waals surface area contributed by atoms with E-state index in [2.05, 4.69) is 15.5 Å². The fraction of sp³-hybridized carbons (Fsp3) is 0.150. The number of aromatic amines is 1. The second-order valence-corrected chi connectivity index (χ2v) is 8.49. The molecular formula is C20H19N3O2S. The smallest absolute Gasteiger partial charge is 0.203 e. The van der Waals surface area contributed by atoms with Crippen LogP contribution < -0.4 is 5.43 Å². The van der Waals surface area contributed by atoms with Crippen LogP contribution in [0.25, 0.3) is 11.1 Å². The van der Waals surface area contributed by atoms with Crippen LogP contribution in [0, 0.1) is 6.92 Å². The maximum absolute atomic E-state index is 13.2. The quantitative estimate of drug-likeness (QED) is 0.743. The maximum atomic E-state index is 13.2. The van der Waals surface area contributed by atoms with Crippen molar-refractivity contribution >= 4 is 15.5 Å². The number of H-pyrrole nitrogens is 1. The number of nitrogens with zero attached hydrogens (tertiary/aromatic N) is 1. The third-order valence-electron chi connectivity index (χ3n) is 4.58. The lowest BCUT2D eigenvalue weighted by Gasteiger charge is -2.12. The molecule has 0 unspecified atom stereocenters. The first-order chi connectivity index (χ1) is 12.6. The monoisotopic (exact) mass is 365 g/mol. The summed E-state index contributed by atoms with van der Waals surface area (Å²) in [6.45, 7) is 2.02. The van der Waals surface area contributed by atoms with Crippen molar-refractivity contribution in [3.8, 4) is 11.1 Å². The summed E-state index contributed by atoms with van der Waals surface area (Å²) >= 11 is 0. The third-order valence-corrected chi connectivity index (χ3v) is 6.55. The molecule has 1 atom stereocenters. The number of benzene rings is 2. The molecule has 2 N–H and O–H groups in total. The third kappa shape index (κ3) is 2.93. The molecule has 0 bridgehead atoms. The summed E-state index contributed by atoms with van der Waals surface area (Å²) in [5, 5.41) is 3.51. The van der Waals surface area contributed by atoms with Crippen molar-refractivity contribution in [2.45, 2.75) is 23.6 Å². The first-order valence-corrected chi connectivity index (χ1v) is 9.95. The molecule has 1 aliphatic heterocycles. The Balaban J connectivity index is 1.62. The van der Waals surface area contributed by atoms with Crippen LogP contribution in [-0.4, -0.2) is 24.5 Å². The van der Waals surface area contributed by atoms with Gasteiger partial charge >= 0.3 is 0 Å². The Morgan fingerprint density at radius 2 is 1.69 bits per heavy atom. The fourth-order valence-corrected chi connectivity index (χ4v) is 4.70. The molecule has 4 rings (SSSR count). The molecule has 3 aromatic rings. The van der Waals surface area contributed by atoms with Crippen molar-refractivity contribution < 1.29 is 8.42 Å². The number of nitrogens with one attached hydrogen (secondary N) is 2. The number of hydrogen-bond acceptors (Lipinski definition) is 4. The lowest BCUT2D eigenvalue weighted by molar-refractivity contribution is 0.568. The van der Waals surface area contributed by atoms with Gasteiger partial charge in [-0.3, -0.25) is 5.43 Å². The van der Waals surface area contributed by atoms with Crippen molar-refractivity contribution in [3.63, 3.8) is 0 Å². The summed E-state index contributed by atoms with van der Waals surface area (Å²) in [5.74, 6) is 0. The van der Waals surface area contributed by atoms with Gasteiger partial charge in [0.05, 0.1) is 10.6 Å². The van der Waals surface area contributed by atoms with E-state index in [0.717, 1.165) is 22.4 Å². The summed E-state index contributed by atoms with van der Waals surface area (Å²) in [6, 6.07) is 17.4. The van der Waals surface area contributed by atoms with Gasteiger partial charge in [-0.15, -0.1) is 0 Å². The number of hydrazone groups is 1. The number of aryl methyl sites for hydroxylation is 1. The molecule has 6 heteroatoms. The Hall–Kier alpha value is -2.86. The van der Waals surface area contributed by atoms with Crippen LogP contribution in [-0.2, 0) is 9.84 Å². The summed E-state index contributed by atoms with van der Waals surface area (Å²) in [4.78, 5) is 3.22. The van der Waals surface area contributed by atoms with Crippen LogP contribution in [0.4, 0.5) is 0 Å². The average Bonchev–Trinajstić information content (AvgIpc) is 3.33. The molecule has 132 valence electrons. The molecular weight excluding hydrogens is 346 g/mol. The van der Waals surface area contributed by atoms with Gasteiger partial charge in [0.25, 0.3) is 0 Å². The molecule has 0 radical (unpaired) electrons. The Bertz CT molecular complexity index is 1050. The van der Waals surface area contributed by atoms with Gasteiger partial charge in [-0.25, -0.2) is 8.42 Å². The average molecular weight is 365 g/mol. The van der Waals surface area contributed by atoms with Crippen LogP contribution in [0.3, 0.4) is 0 Å². The molecule has 0 amide bonds. The number of sulfone groups is 1.